The Morgan fingerprint density at radius 3 is 0.500 bits per heavy atom. The standard InChI is InChI=1S/H8N5.5H3N/c1-5(2,3)4;;;;;/h1-4H2;5*1H3/q+1;;;;;. The molecule has 0 aliphatic carbocycles. The van der Waals surface area contributed by atoms with Crippen molar-refractivity contribution >= 4 is 0 Å². The zero-order chi connectivity index (χ0) is 4.50. The highest BCUT2D eigenvalue weighted by Crippen LogP contribution is 1.35. The molecule has 0 aliphatic heterocycles. The minimum atomic E-state index is -1.00. The minimum absolute atomic E-state index is 0. The molecule has 72 valence electrons. The van der Waals surface area contributed by atoms with Crippen LogP contribution in [0.15, 0.2) is 0 Å². The fraction of sp³-hybridized carbons (Fsp3) is 0. The molecule has 0 rings (SSSR count). The van der Waals surface area contributed by atoms with Crippen molar-refractivity contribution < 1.29 is 4.92 Å². The molecule has 0 heterocycles. The maximum Gasteiger partial charge on any atom is -0.0335 e. The molecular weight excluding hydrogens is 140 g/mol. The lowest BCUT2D eigenvalue weighted by molar-refractivity contribution is -0.974. The topological polar surface area (TPSA) is 279 Å². The number of quaternary nitrogens is 1. The Bertz CT molecular complexity index is 15.5. The van der Waals surface area contributed by atoms with Gasteiger partial charge in [-0.05, 0) is 4.92 Å². The summed E-state index contributed by atoms with van der Waals surface area (Å²) in [7, 11) is 0. The molecule has 10 heteroatoms. The zero-order valence-corrected chi connectivity index (χ0v) is 6.29. The van der Waals surface area contributed by atoms with E-state index < -0.39 is 4.92 Å². The summed E-state index contributed by atoms with van der Waals surface area (Å²) in [6, 6.07) is 0. The van der Waals surface area contributed by atoms with Crippen LogP contribution < -0.4 is 54.1 Å². The van der Waals surface area contributed by atoms with Gasteiger partial charge in [0.2, 0.25) is 0 Å². The summed E-state index contributed by atoms with van der Waals surface area (Å²) in [4.78, 5) is -1.00. The Kier molecular flexibility index (Phi) is 86.8. The van der Waals surface area contributed by atoms with Crippen molar-refractivity contribution in [1.29, 1.82) is 0 Å². The lowest BCUT2D eigenvalue weighted by atomic mass is 12.0. The number of rotatable bonds is 0. The second-order valence-corrected chi connectivity index (χ2v) is 0.894. The van der Waals surface area contributed by atoms with Crippen molar-refractivity contribution in [2.75, 3.05) is 0 Å². The van der Waals surface area contributed by atoms with Crippen molar-refractivity contribution in [3.05, 3.63) is 0 Å². The highest BCUT2D eigenvalue weighted by atomic mass is 16.0. The van der Waals surface area contributed by atoms with E-state index in [0.717, 1.165) is 0 Å². The van der Waals surface area contributed by atoms with Gasteiger partial charge in [0.25, 0.3) is 0 Å². The first-order valence-corrected chi connectivity index (χ1v) is 1.03. The van der Waals surface area contributed by atoms with Crippen LogP contribution >= 0.6 is 0 Å². The molecular formula is H23N10+. The molecule has 0 spiro atoms. The van der Waals surface area contributed by atoms with Crippen molar-refractivity contribution in [2.45, 2.75) is 0 Å². The molecule has 0 saturated heterocycles. The fourth-order valence-corrected chi connectivity index (χ4v) is 0. The van der Waals surface area contributed by atoms with Crippen LogP contribution in [0.5, 0.6) is 0 Å². The van der Waals surface area contributed by atoms with Gasteiger partial charge in [0.15, 0.2) is 0 Å². The average molecular weight is 163 g/mol. The first kappa shape index (κ1) is 54.8. The van der Waals surface area contributed by atoms with Crippen LogP contribution in [0.3, 0.4) is 0 Å². The van der Waals surface area contributed by atoms with Gasteiger partial charge in [0.05, 0.1) is 0 Å². The van der Waals surface area contributed by atoms with Gasteiger partial charge in [-0.2, -0.15) is 0 Å². The van der Waals surface area contributed by atoms with Crippen LogP contribution in [0.1, 0.15) is 0 Å². The van der Waals surface area contributed by atoms with Gasteiger partial charge in [-0.25, -0.2) is 0 Å². The highest BCUT2D eigenvalue weighted by molar-refractivity contribution is 3.50. The molecule has 0 saturated carbocycles. The molecule has 0 amide bonds. The summed E-state index contributed by atoms with van der Waals surface area (Å²) in [6.45, 7) is 0. The Balaban J connectivity index is -0.00000000800. The molecule has 0 aliphatic rings. The predicted molar refractivity (Wildman–Crippen MR) is 42.1 cm³/mol. The summed E-state index contributed by atoms with van der Waals surface area (Å²) in [6.07, 6.45) is 0. The van der Waals surface area contributed by atoms with Crippen LogP contribution in [-0.4, -0.2) is 4.92 Å². The summed E-state index contributed by atoms with van der Waals surface area (Å²) < 4.78 is 0. The molecule has 23 N–H and O–H groups in total. The van der Waals surface area contributed by atoms with Gasteiger partial charge in [0, 0.05) is 0 Å². The van der Waals surface area contributed by atoms with E-state index in [9.17, 15) is 0 Å². The van der Waals surface area contributed by atoms with Crippen molar-refractivity contribution in [3.63, 3.8) is 0 Å². The van der Waals surface area contributed by atoms with E-state index in [1.165, 1.54) is 0 Å². The van der Waals surface area contributed by atoms with Gasteiger partial charge in [0.1, 0.15) is 0 Å². The van der Waals surface area contributed by atoms with E-state index in [1.54, 1.807) is 0 Å². The molecule has 10 nitrogen and oxygen atoms in total. The van der Waals surface area contributed by atoms with Crippen molar-refractivity contribution in [2.24, 2.45) is 23.4 Å². The quantitative estimate of drug-likeness (QED) is 0.109. The van der Waals surface area contributed by atoms with Crippen LogP contribution in [0.2, 0.25) is 0 Å². The molecule has 0 aromatic carbocycles. The average Bonchev–Trinajstić information content (AvgIpc) is 0.722. The highest BCUT2D eigenvalue weighted by Gasteiger charge is 1.92. The summed E-state index contributed by atoms with van der Waals surface area (Å²) in [5, 5.41) is 0. The van der Waals surface area contributed by atoms with Crippen molar-refractivity contribution in [3.8, 4) is 0 Å². The maximum atomic E-state index is 4.62. The predicted octanol–water partition coefficient (Wildman–Crippen LogP) is -1.89. The van der Waals surface area contributed by atoms with E-state index in [4.69, 9.17) is 0 Å². The number of hydrogen-bond acceptors (Lipinski definition) is 9. The van der Waals surface area contributed by atoms with E-state index in [2.05, 4.69) is 23.4 Å². The van der Waals surface area contributed by atoms with Gasteiger partial charge in [-0.1, -0.05) is 0 Å². The molecule has 0 atom stereocenters. The van der Waals surface area contributed by atoms with Gasteiger partial charge < -0.3 is 30.8 Å². The molecule has 0 aromatic rings. The van der Waals surface area contributed by atoms with Gasteiger partial charge in [-0.15, -0.1) is 23.4 Å². The number of nitrogens with two attached hydrogens (primary N) is 4. The van der Waals surface area contributed by atoms with E-state index >= 15 is 0 Å². The van der Waals surface area contributed by atoms with E-state index in [1.807, 2.05) is 0 Å². The Morgan fingerprint density at radius 2 is 0.500 bits per heavy atom. The van der Waals surface area contributed by atoms with Crippen LogP contribution in [-0.2, 0) is 0 Å². The zero-order valence-electron chi connectivity index (χ0n) is 6.29. The fourth-order valence-electron chi connectivity index (χ4n) is 0. The minimum Gasteiger partial charge on any atom is -0.344 e. The lowest BCUT2D eigenvalue weighted by Gasteiger charge is -2.08. The number of nitrogens with zero attached hydrogens (tertiary/aromatic N) is 1. The number of hydrogen-bond donors (Lipinski definition) is 9. The molecule has 0 unspecified atom stereocenters. The van der Waals surface area contributed by atoms with E-state index in [-0.39, 0.29) is 30.8 Å². The Hall–Kier alpha value is -0.400. The van der Waals surface area contributed by atoms with Gasteiger partial charge >= 0.3 is 0 Å². The molecule has 10 heavy (non-hydrogen) atoms. The third kappa shape index (κ3) is 2070. The Labute approximate surface area is 60.3 Å². The summed E-state index contributed by atoms with van der Waals surface area (Å²) in [5.41, 5.74) is 0. The normalized spacial score (nSPS) is 6.00. The largest absolute Gasteiger partial charge is 0.344 e. The van der Waals surface area contributed by atoms with Crippen LogP contribution in [0.4, 0.5) is 0 Å². The Morgan fingerprint density at radius 1 is 0.500 bits per heavy atom. The third-order valence-corrected chi connectivity index (χ3v) is 0. The molecule has 0 aromatic heterocycles. The lowest BCUT2D eigenvalue weighted by Crippen LogP contribution is -2.71. The van der Waals surface area contributed by atoms with E-state index in [0.29, 0.717) is 0 Å². The molecule has 0 bridgehead atoms. The second-order valence-electron chi connectivity index (χ2n) is 0.894. The maximum absolute atomic E-state index is 4.62. The third-order valence-electron chi connectivity index (χ3n) is 0. The molecule has 0 fully saturated rings. The monoisotopic (exact) mass is 163 g/mol. The van der Waals surface area contributed by atoms with Crippen molar-refractivity contribution in [1.82, 2.24) is 30.8 Å². The van der Waals surface area contributed by atoms with Crippen LogP contribution in [0.25, 0.3) is 0 Å². The first-order valence-electron chi connectivity index (χ1n) is 1.03. The molecule has 0 radical (unpaired) electrons. The second kappa shape index (κ2) is 15.8. The SMILES string of the molecule is N.N.N.N.N.N[N+](N)(N)N. The smallest absolute Gasteiger partial charge is 0.0335 e. The first-order chi connectivity index (χ1) is 2.00. The summed E-state index contributed by atoms with van der Waals surface area (Å²) >= 11 is 0. The van der Waals surface area contributed by atoms with Crippen LogP contribution in [0, 0.1) is 0 Å². The van der Waals surface area contributed by atoms with Gasteiger partial charge in [-0.3, -0.25) is 0 Å². The summed E-state index contributed by atoms with van der Waals surface area (Å²) in [5.74, 6) is 18.5.